The van der Waals surface area contributed by atoms with Gasteiger partial charge in [-0.25, -0.2) is 4.79 Å². The Morgan fingerprint density at radius 3 is 2.14 bits per heavy atom. The summed E-state index contributed by atoms with van der Waals surface area (Å²) in [6.07, 6.45) is 0.768. The Bertz CT molecular complexity index is 591. The summed E-state index contributed by atoms with van der Waals surface area (Å²) in [6, 6.07) is 15.7. The lowest BCUT2D eigenvalue weighted by atomic mass is 10.1. The van der Waals surface area contributed by atoms with E-state index in [9.17, 15) is 4.79 Å². The van der Waals surface area contributed by atoms with Gasteiger partial charge in [0.25, 0.3) is 0 Å². The summed E-state index contributed by atoms with van der Waals surface area (Å²) in [4.78, 5) is 11.7. The summed E-state index contributed by atoms with van der Waals surface area (Å²) < 4.78 is 0. The number of carbonyl (C=O) groups excluding carboxylic acids is 1. The fourth-order valence-electron chi connectivity index (χ4n) is 2.08. The first kappa shape index (κ1) is 16.0. The van der Waals surface area contributed by atoms with Gasteiger partial charge in [-0.2, -0.15) is 0 Å². The molecule has 3 N–H and O–H groups in total. The first-order valence-electron chi connectivity index (χ1n) is 7.43. The van der Waals surface area contributed by atoms with Crippen molar-refractivity contribution < 1.29 is 9.90 Å². The van der Waals surface area contributed by atoms with Crippen LogP contribution in [-0.4, -0.2) is 17.7 Å². The van der Waals surface area contributed by atoms with Crippen molar-refractivity contribution in [2.75, 3.05) is 6.54 Å². The SMILES string of the molecule is Cc1ccc(CNC(=O)NCCc2ccc(CO)cc2)cc1. The Kier molecular flexibility index (Phi) is 5.98. The van der Waals surface area contributed by atoms with Crippen molar-refractivity contribution in [1.82, 2.24) is 10.6 Å². The molecule has 0 bridgehead atoms. The molecule has 0 heterocycles. The van der Waals surface area contributed by atoms with E-state index in [0.29, 0.717) is 13.1 Å². The number of aryl methyl sites for hydroxylation is 1. The van der Waals surface area contributed by atoms with E-state index in [2.05, 4.69) is 10.6 Å². The van der Waals surface area contributed by atoms with Crippen LogP contribution in [0.1, 0.15) is 22.3 Å². The molecule has 0 atom stereocenters. The second-order valence-electron chi connectivity index (χ2n) is 5.32. The Balaban J connectivity index is 1.67. The molecule has 4 nitrogen and oxygen atoms in total. The van der Waals surface area contributed by atoms with E-state index in [4.69, 9.17) is 5.11 Å². The summed E-state index contributed by atoms with van der Waals surface area (Å²) >= 11 is 0. The number of aliphatic hydroxyl groups is 1. The molecule has 4 heteroatoms. The van der Waals surface area contributed by atoms with E-state index in [1.54, 1.807) is 0 Å². The Hall–Kier alpha value is -2.33. The van der Waals surface area contributed by atoms with E-state index in [1.165, 1.54) is 5.56 Å². The maximum Gasteiger partial charge on any atom is 0.315 e. The van der Waals surface area contributed by atoms with Crippen molar-refractivity contribution in [2.45, 2.75) is 26.5 Å². The van der Waals surface area contributed by atoms with Gasteiger partial charge in [-0.3, -0.25) is 0 Å². The van der Waals surface area contributed by atoms with Gasteiger partial charge in [0.05, 0.1) is 6.61 Å². The lowest BCUT2D eigenvalue weighted by Crippen LogP contribution is -2.36. The fraction of sp³-hybridized carbons (Fsp3) is 0.278. The zero-order valence-corrected chi connectivity index (χ0v) is 12.8. The van der Waals surface area contributed by atoms with E-state index in [1.807, 2.05) is 55.5 Å². The third-order valence-corrected chi connectivity index (χ3v) is 3.48. The number of amides is 2. The largest absolute Gasteiger partial charge is 0.392 e. The summed E-state index contributed by atoms with van der Waals surface area (Å²) in [5, 5.41) is 14.7. The molecule has 0 aliphatic carbocycles. The molecule has 0 saturated heterocycles. The summed E-state index contributed by atoms with van der Waals surface area (Å²) in [7, 11) is 0. The number of urea groups is 1. The Morgan fingerprint density at radius 2 is 1.50 bits per heavy atom. The number of hydrogen-bond acceptors (Lipinski definition) is 2. The van der Waals surface area contributed by atoms with Crippen molar-refractivity contribution in [1.29, 1.82) is 0 Å². The standard InChI is InChI=1S/C18H22N2O2/c1-14-2-4-16(5-3-14)12-20-18(22)19-11-10-15-6-8-17(13-21)9-7-15/h2-9,21H,10-13H2,1H3,(H2,19,20,22). The van der Waals surface area contributed by atoms with Crippen LogP contribution in [0.25, 0.3) is 0 Å². The fourth-order valence-corrected chi connectivity index (χ4v) is 2.08. The quantitative estimate of drug-likeness (QED) is 0.767. The molecule has 0 unspecified atom stereocenters. The van der Waals surface area contributed by atoms with Crippen LogP contribution >= 0.6 is 0 Å². The number of rotatable bonds is 6. The highest BCUT2D eigenvalue weighted by atomic mass is 16.3. The molecular formula is C18H22N2O2. The van der Waals surface area contributed by atoms with Gasteiger partial charge in [-0.1, -0.05) is 54.1 Å². The molecule has 22 heavy (non-hydrogen) atoms. The number of nitrogens with one attached hydrogen (secondary N) is 2. The molecule has 116 valence electrons. The summed E-state index contributed by atoms with van der Waals surface area (Å²) in [5.74, 6) is 0. The molecule has 0 spiro atoms. The van der Waals surface area contributed by atoms with Crippen LogP contribution in [-0.2, 0) is 19.6 Å². The molecule has 0 fully saturated rings. The molecular weight excluding hydrogens is 276 g/mol. The second-order valence-corrected chi connectivity index (χ2v) is 5.32. The van der Waals surface area contributed by atoms with Gasteiger partial charge >= 0.3 is 6.03 Å². The van der Waals surface area contributed by atoms with Crippen molar-refractivity contribution >= 4 is 6.03 Å². The summed E-state index contributed by atoms with van der Waals surface area (Å²) in [5.41, 5.74) is 4.32. The number of benzene rings is 2. The topological polar surface area (TPSA) is 61.4 Å². The predicted molar refractivity (Wildman–Crippen MR) is 87.5 cm³/mol. The van der Waals surface area contributed by atoms with Crippen LogP contribution < -0.4 is 10.6 Å². The molecule has 0 aromatic heterocycles. The van der Waals surface area contributed by atoms with Gasteiger partial charge in [0.1, 0.15) is 0 Å². The number of hydrogen-bond donors (Lipinski definition) is 3. The minimum Gasteiger partial charge on any atom is -0.392 e. The van der Waals surface area contributed by atoms with Gasteiger partial charge < -0.3 is 15.7 Å². The normalized spacial score (nSPS) is 10.3. The van der Waals surface area contributed by atoms with Gasteiger partial charge in [-0.15, -0.1) is 0 Å². The Morgan fingerprint density at radius 1 is 0.909 bits per heavy atom. The predicted octanol–water partition coefficient (Wildman–Crippen LogP) is 2.53. The van der Waals surface area contributed by atoms with E-state index >= 15 is 0 Å². The van der Waals surface area contributed by atoms with Gasteiger partial charge in [0, 0.05) is 13.1 Å². The van der Waals surface area contributed by atoms with Crippen LogP contribution in [0.4, 0.5) is 4.79 Å². The lowest BCUT2D eigenvalue weighted by Gasteiger charge is -2.08. The molecule has 2 rings (SSSR count). The molecule has 0 aliphatic heterocycles. The second kappa shape index (κ2) is 8.20. The number of carbonyl (C=O) groups is 1. The molecule has 0 aliphatic rings. The molecule has 0 saturated carbocycles. The van der Waals surface area contributed by atoms with Gasteiger partial charge in [0.2, 0.25) is 0 Å². The molecule has 2 aromatic rings. The third kappa shape index (κ3) is 5.22. The molecule has 2 amide bonds. The highest BCUT2D eigenvalue weighted by Gasteiger charge is 2.00. The maximum absolute atomic E-state index is 11.7. The minimum absolute atomic E-state index is 0.0555. The van der Waals surface area contributed by atoms with E-state index < -0.39 is 0 Å². The van der Waals surface area contributed by atoms with Crippen LogP contribution in [0.3, 0.4) is 0 Å². The molecule has 0 radical (unpaired) electrons. The van der Waals surface area contributed by atoms with Crippen LogP contribution in [0.15, 0.2) is 48.5 Å². The van der Waals surface area contributed by atoms with Crippen LogP contribution in [0.5, 0.6) is 0 Å². The molecule has 2 aromatic carbocycles. The lowest BCUT2D eigenvalue weighted by molar-refractivity contribution is 0.240. The first-order chi connectivity index (χ1) is 10.7. The van der Waals surface area contributed by atoms with Crippen molar-refractivity contribution in [3.63, 3.8) is 0 Å². The first-order valence-corrected chi connectivity index (χ1v) is 7.43. The highest BCUT2D eigenvalue weighted by molar-refractivity contribution is 5.73. The Labute approximate surface area is 131 Å². The number of aliphatic hydroxyl groups excluding tert-OH is 1. The maximum atomic E-state index is 11.7. The van der Waals surface area contributed by atoms with Crippen LogP contribution in [0, 0.1) is 6.92 Å². The zero-order chi connectivity index (χ0) is 15.8. The van der Waals surface area contributed by atoms with Gasteiger partial charge in [0.15, 0.2) is 0 Å². The minimum atomic E-state index is -0.160. The average molecular weight is 298 g/mol. The van der Waals surface area contributed by atoms with Crippen LogP contribution in [0.2, 0.25) is 0 Å². The summed E-state index contributed by atoms with van der Waals surface area (Å²) in [6.45, 7) is 3.20. The smallest absolute Gasteiger partial charge is 0.315 e. The van der Waals surface area contributed by atoms with E-state index in [0.717, 1.165) is 23.1 Å². The van der Waals surface area contributed by atoms with Crippen molar-refractivity contribution in [2.24, 2.45) is 0 Å². The van der Waals surface area contributed by atoms with Crippen molar-refractivity contribution in [3.8, 4) is 0 Å². The highest BCUT2D eigenvalue weighted by Crippen LogP contribution is 2.05. The third-order valence-electron chi connectivity index (χ3n) is 3.48. The monoisotopic (exact) mass is 298 g/mol. The van der Waals surface area contributed by atoms with E-state index in [-0.39, 0.29) is 12.6 Å². The zero-order valence-electron chi connectivity index (χ0n) is 12.8. The van der Waals surface area contributed by atoms with Gasteiger partial charge in [-0.05, 0) is 30.0 Å². The average Bonchev–Trinajstić information content (AvgIpc) is 2.55. The van der Waals surface area contributed by atoms with Crippen molar-refractivity contribution in [3.05, 3.63) is 70.8 Å².